The Hall–Kier alpha value is -5.69. The van der Waals surface area contributed by atoms with Crippen molar-refractivity contribution in [3.05, 3.63) is 89.4 Å². The third-order valence-corrected chi connectivity index (χ3v) is 12.4. The average molecular weight is 864 g/mol. The number of unbranched alkanes of at least 4 members (excludes halogenated alkanes) is 14. The molecule has 0 aliphatic carbocycles. The minimum Gasteiger partial charge on any atom is -0.478 e. The maximum Gasteiger partial charge on any atom is 0.337 e. The Morgan fingerprint density at radius 2 is 1.15 bits per heavy atom. The number of aromatic carboxylic acids is 1. The summed E-state index contributed by atoms with van der Waals surface area (Å²) in [6.07, 6.45) is 17.9. The molecule has 0 radical (unpaired) electrons. The summed E-state index contributed by atoms with van der Waals surface area (Å²) >= 11 is 6.22. The maximum atomic E-state index is 15.3. The number of carbonyl (C=O) groups is 5. The lowest BCUT2D eigenvalue weighted by Crippen LogP contribution is -2.60. The van der Waals surface area contributed by atoms with Crippen LogP contribution in [0.2, 0.25) is 5.02 Å². The molecule has 328 valence electrons. The van der Waals surface area contributed by atoms with E-state index in [9.17, 15) is 19.5 Å². The summed E-state index contributed by atoms with van der Waals surface area (Å²) in [6, 6.07) is 21.4. The molecular formula is C48H58ClN7O6. The molecule has 3 atom stereocenters. The van der Waals surface area contributed by atoms with Crippen molar-refractivity contribution in [2.75, 3.05) is 15.0 Å². The zero-order valence-electron chi connectivity index (χ0n) is 36.0. The van der Waals surface area contributed by atoms with E-state index >= 15 is 9.59 Å². The minimum atomic E-state index is -2.06. The second-order valence-electron chi connectivity index (χ2n) is 16.5. The highest BCUT2D eigenvalue weighted by molar-refractivity contribution is 6.35. The summed E-state index contributed by atoms with van der Waals surface area (Å²) in [4.78, 5) is 71.2. The standard InChI is InChI=1S/C48H58ClN7O6/c1-4-5-6-7-8-9-10-11-12-13-14-15-16-17-24-29-40(57)50-43-42(45(59)55(53-43)37-30-31-39(49)38(32-37)46(60)61)48(34(3)52-56(47(48)62)36-27-22-19-23-28-36)41-33(2)51-54(44(41)58)35-25-20-18-21-26-35/h18-23,25-28,30-32,41-42H,4-17,24,29H2,1-3H3,(H,60,61)(H,50,53,57). The van der Waals surface area contributed by atoms with E-state index in [1.807, 2.05) is 0 Å². The molecule has 0 saturated carbocycles. The first-order valence-electron chi connectivity index (χ1n) is 22.1. The molecule has 3 heterocycles. The number of amidine groups is 1. The largest absolute Gasteiger partial charge is 0.478 e. The highest BCUT2D eigenvalue weighted by Gasteiger charge is 2.69. The number of rotatable bonds is 22. The first-order valence-corrected chi connectivity index (χ1v) is 22.5. The summed E-state index contributed by atoms with van der Waals surface area (Å²) in [5, 5.41) is 30.0. The van der Waals surface area contributed by atoms with Crippen LogP contribution < -0.4 is 20.3 Å². The van der Waals surface area contributed by atoms with E-state index in [1.165, 1.54) is 92.4 Å². The summed E-state index contributed by atoms with van der Waals surface area (Å²) in [5.74, 6) is -6.86. The summed E-state index contributed by atoms with van der Waals surface area (Å²) in [5.41, 5.74) is -1.04. The third-order valence-electron chi connectivity index (χ3n) is 12.1. The molecule has 62 heavy (non-hydrogen) atoms. The van der Waals surface area contributed by atoms with E-state index in [0.29, 0.717) is 17.8 Å². The Morgan fingerprint density at radius 3 is 1.69 bits per heavy atom. The van der Waals surface area contributed by atoms with Crippen LogP contribution in [0.1, 0.15) is 134 Å². The smallest absolute Gasteiger partial charge is 0.337 e. The number of hydrogen-bond donors (Lipinski definition) is 2. The molecule has 3 unspecified atom stereocenters. The van der Waals surface area contributed by atoms with Crippen LogP contribution >= 0.6 is 11.6 Å². The fourth-order valence-electron chi connectivity index (χ4n) is 8.85. The van der Waals surface area contributed by atoms with E-state index in [4.69, 9.17) is 16.7 Å². The molecule has 0 saturated heterocycles. The Bertz CT molecular complexity index is 2200. The van der Waals surface area contributed by atoms with Crippen LogP contribution in [0.5, 0.6) is 0 Å². The van der Waals surface area contributed by atoms with Gasteiger partial charge in [-0.15, -0.1) is 0 Å². The van der Waals surface area contributed by atoms with Crippen LogP contribution in [0.4, 0.5) is 17.1 Å². The fraction of sp³-hybridized carbons (Fsp3) is 0.458. The number of hydrazone groups is 3. The molecular weight excluding hydrogens is 806 g/mol. The van der Waals surface area contributed by atoms with Gasteiger partial charge in [0.2, 0.25) is 5.91 Å². The summed E-state index contributed by atoms with van der Waals surface area (Å²) in [6.45, 7) is 5.46. The van der Waals surface area contributed by atoms with Crippen molar-refractivity contribution in [3.63, 3.8) is 0 Å². The van der Waals surface area contributed by atoms with Crippen LogP contribution in [0.3, 0.4) is 0 Å². The molecule has 0 fully saturated rings. The molecule has 0 spiro atoms. The number of para-hydroxylation sites is 2. The van der Waals surface area contributed by atoms with Crippen LogP contribution in [-0.4, -0.2) is 52.0 Å². The molecule has 3 aliphatic heterocycles. The number of amides is 4. The Morgan fingerprint density at radius 1 is 0.645 bits per heavy atom. The molecule has 13 nitrogen and oxygen atoms in total. The van der Waals surface area contributed by atoms with Gasteiger partial charge in [0.15, 0.2) is 0 Å². The summed E-state index contributed by atoms with van der Waals surface area (Å²) < 4.78 is 0. The fourth-order valence-corrected chi connectivity index (χ4v) is 9.04. The van der Waals surface area contributed by atoms with Gasteiger partial charge in [-0.2, -0.15) is 25.3 Å². The number of carboxylic acid groups (broad SMARTS) is 1. The highest BCUT2D eigenvalue weighted by atomic mass is 35.5. The minimum absolute atomic E-state index is 0.0395. The van der Waals surface area contributed by atoms with Gasteiger partial charge in [-0.05, 0) is 62.7 Å². The van der Waals surface area contributed by atoms with Gasteiger partial charge >= 0.3 is 5.97 Å². The zero-order chi connectivity index (χ0) is 44.2. The van der Waals surface area contributed by atoms with Crippen LogP contribution in [0.15, 0.2) is 94.2 Å². The Kier molecular flexibility index (Phi) is 15.8. The van der Waals surface area contributed by atoms with Crippen molar-refractivity contribution in [1.82, 2.24) is 5.32 Å². The van der Waals surface area contributed by atoms with Gasteiger partial charge < -0.3 is 10.4 Å². The monoisotopic (exact) mass is 863 g/mol. The molecule has 0 bridgehead atoms. The Balaban J connectivity index is 1.23. The van der Waals surface area contributed by atoms with Crippen molar-refractivity contribution in [2.24, 2.45) is 32.6 Å². The van der Waals surface area contributed by atoms with Crippen molar-refractivity contribution in [2.45, 2.75) is 124 Å². The molecule has 0 aromatic heterocycles. The molecule has 3 aliphatic rings. The lowest BCUT2D eigenvalue weighted by Gasteiger charge is -2.37. The highest BCUT2D eigenvalue weighted by Crippen LogP contribution is 2.51. The lowest BCUT2D eigenvalue weighted by molar-refractivity contribution is -0.136. The molecule has 3 aromatic rings. The molecule has 4 amide bonds. The van der Waals surface area contributed by atoms with Crippen molar-refractivity contribution < 1.29 is 29.1 Å². The number of benzene rings is 3. The number of anilines is 3. The summed E-state index contributed by atoms with van der Waals surface area (Å²) in [7, 11) is 0. The van der Waals surface area contributed by atoms with E-state index in [1.54, 1.807) is 74.5 Å². The van der Waals surface area contributed by atoms with Crippen LogP contribution in [0.25, 0.3) is 0 Å². The number of nitrogens with zero attached hydrogens (tertiary/aromatic N) is 6. The van der Waals surface area contributed by atoms with Crippen LogP contribution in [0, 0.1) is 17.3 Å². The van der Waals surface area contributed by atoms with Gasteiger partial charge in [-0.25, -0.2) is 9.80 Å². The van der Waals surface area contributed by atoms with E-state index in [2.05, 4.69) is 22.4 Å². The molecule has 6 rings (SSSR count). The number of carbonyl (C=O) groups excluding carboxylic acids is 4. The van der Waals surface area contributed by atoms with Gasteiger partial charge in [0.25, 0.3) is 17.7 Å². The molecule has 14 heteroatoms. The van der Waals surface area contributed by atoms with Gasteiger partial charge in [-0.3, -0.25) is 19.2 Å². The van der Waals surface area contributed by atoms with Crippen molar-refractivity contribution in [1.29, 1.82) is 0 Å². The lowest BCUT2D eigenvalue weighted by atomic mass is 9.61. The number of halogens is 1. The Labute approximate surface area is 369 Å². The van der Waals surface area contributed by atoms with Crippen molar-refractivity contribution >= 4 is 75.5 Å². The second kappa shape index (κ2) is 21.4. The SMILES string of the molecule is CCCCCCCCCCCCCCCCCC(=O)NC1=NN(c2ccc(Cl)c(C(=O)O)c2)C(=O)C1C1(C2C(=O)N(c3ccccc3)N=C2C)C(=O)N(c2ccccc2)N=C1C. The van der Waals surface area contributed by atoms with E-state index < -0.39 is 46.8 Å². The van der Waals surface area contributed by atoms with Gasteiger partial charge in [0, 0.05) is 12.1 Å². The zero-order valence-corrected chi connectivity index (χ0v) is 36.8. The van der Waals surface area contributed by atoms with Gasteiger partial charge in [0.1, 0.15) is 23.1 Å². The van der Waals surface area contributed by atoms with E-state index in [0.717, 1.165) is 30.7 Å². The second-order valence-corrected chi connectivity index (χ2v) is 16.9. The van der Waals surface area contributed by atoms with Crippen LogP contribution in [-0.2, 0) is 19.2 Å². The third kappa shape index (κ3) is 9.99. The van der Waals surface area contributed by atoms with Gasteiger partial charge in [0.05, 0.1) is 33.4 Å². The molecule has 3 aromatic carbocycles. The topological polar surface area (TPSA) is 164 Å². The number of hydrogen-bond acceptors (Lipinski definition) is 8. The normalized spacial score (nSPS) is 19.9. The predicted molar refractivity (Wildman–Crippen MR) is 245 cm³/mol. The first kappa shape index (κ1) is 45.8. The number of nitrogens with one attached hydrogen (secondary N) is 1. The predicted octanol–water partition coefficient (Wildman–Crippen LogP) is 10.1. The average Bonchev–Trinajstić information content (AvgIpc) is 3.85. The quantitative estimate of drug-likeness (QED) is 0.0955. The maximum absolute atomic E-state index is 15.3. The molecule has 2 N–H and O–H groups in total. The van der Waals surface area contributed by atoms with Gasteiger partial charge in [-0.1, -0.05) is 145 Å². The van der Waals surface area contributed by atoms with E-state index in [-0.39, 0.29) is 40.0 Å². The van der Waals surface area contributed by atoms with Crippen molar-refractivity contribution in [3.8, 4) is 0 Å². The first-order chi connectivity index (χ1) is 30.0. The number of carboxylic acids is 1.